The van der Waals surface area contributed by atoms with Crippen molar-refractivity contribution in [1.82, 2.24) is 10.0 Å². The third-order valence-electron chi connectivity index (χ3n) is 2.39. The van der Waals surface area contributed by atoms with Crippen LogP contribution in [-0.4, -0.2) is 51.7 Å². The number of hydrogen-bond donors (Lipinski definition) is 3. The molecule has 0 spiro atoms. The number of rotatable bonds is 8. The summed E-state index contributed by atoms with van der Waals surface area (Å²) in [6.07, 6.45) is 0. The molecule has 0 aliphatic carbocycles. The number of aromatic carboxylic acids is 1. The number of thiophene rings is 1. The van der Waals surface area contributed by atoms with Crippen LogP contribution < -0.4 is 10.0 Å². The molecule has 21 heavy (non-hydrogen) atoms. The van der Waals surface area contributed by atoms with Crippen LogP contribution in [0.1, 0.15) is 16.6 Å². The molecule has 1 unspecified atom stereocenters. The molecular formula is C11H16N2O6S2. The molecule has 1 atom stereocenters. The second-order valence-electron chi connectivity index (χ2n) is 4.05. The summed E-state index contributed by atoms with van der Waals surface area (Å²) < 4.78 is 30.8. The van der Waals surface area contributed by atoms with Crippen LogP contribution in [0.15, 0.2) is 16.3 Å². The summed E-state index contributed by atoms with van der Waals surface area (Å²) in [5, 5.41) is 11.3. The Bertz CT molecular complexity index is 610. The van der Waals surface area contributed by atoms with E-state index in [1.54, 1.807) is 0 Å². The molecule has 1 aromatic heterocycles. The monoisotopic (exact) mass is 336 g/mol. The molecular weight excluding hydrogens is 320 g/mol. The highest BCUT2D eigenvalue weighted by molar-refractivity contribution is 7.91. The fourth-order valence-corrected chi connectivity index (χ4v) is 3.72. The van der Waals surface area contributed by atoms with Gasteiger partial charge in [0.1, 0.15) is 9.09 Å². The molecule has 1 heterocycles. The number of nitrogens with one attached hydrogen (secondary N) is 2. The van der Waals surface area contributed by atoms with Crippen LogP contribution in [0.5, 0.6) is 0 Å². The zero-order valence-corrected chi connectivity index (χ0v) is 13.1. The van der Waals surface area contributed by atoms with Crippen molar-refractivity contribution in [2.45, 2.75) is 17.2 Å². The molecule has 0 aliphatic heterocycles. The van der Waals surface area contributed by atoms with Crippen LogP contribution in [0.4, 0.5) is 0 Å². The van der Waals surface area contributed by atoms with Gasteiger partial charge in [-0.15, -0.1) is 11.3 Å². The van der Waals surface area contributed by atoms with E-state index in [2.05, 4.69) is 10.0 Å². The minimum atomic E-state index is -3.93. The van der Waals surface area contributed by atoms with Crippen LogP contribution in [0.2, 0.25) is 0 Å². The molecule has 1 amide bonds. The Morgan fingerprint density at radius 1 is 1.43 bits per heavy atom. The van der Waals surface area contributed by atoms with Gasteiger partial charge in [0.05, 0.1) is 12.6 Å². The van der Waals surface area contributed by atoms with Crippen LogP contribution in [-0.2, 0) is 19.6 Å². The van der Waals surface area contributed by atoms with Crippen LogP contribution in [0.25, 0.3) is 0 Å². The normalized spacial score (nSPS) is 12.9. The fraction of sp³-hybridized carbons (Fsp3) is 0.455. The first-order valence-corrected chi connectivity index (χ1v) is 8.20. The van der Waals surface area contributed by atoms with Crippen LogP contribution in [0, 0.1) is 0 Å². The van der Waals surface area contributed by atoms with Gasteiger partial charge in [0.2, 0.25) is 5.91 Å². The average Bonchev–Trinajstić information content (AvgIpc) is 2.88. The third-order valence-corrected chi connectivity index (χ3v) is 5.49. The van der Waals surface area contributed by atoms with Crippen LogP contribution >= 0.6 is 11.3 Å². The lowest BCUT2D eigenvalue weighted by Crippen LogP contribution is -2.45. The van der Waals surface area contributed by atoms with Crippen molar-refractivity contribution in [1.29, 1.82) is 0 Å². The van der Waals surface area contributed by atoms with E-state index < -0.39 is 27.9 Å². The zero-order chi connectivity index (χ0) is 16.0. The Morgan fingerprint density at radius 2 is 2.10 bits per heavy atom. The SMILES string of the molecule is COCCNC(=O)C(C)NS(=O)(=O)c1ccc(C(=O)O)s1. The van der Waals surface area contributed by atoms with Crippen molar-refractivity contribution >= 4 is 33.2 Å². The second kappa shape index (κ2) is 7.50. The molecule has 1 rings (SSSR count). The Kier molecular flexibility index (Phi) is 6.27. The molecule has 0 aromatic carbocycles. The number of carboxylic acid groups (broad SMARTS) is 1. The smallest absolute Gasteiger partial charge is 0.345 e. The van der Waals surface area contributed by atoms with Gasteiger partial charge in [0.25, 0.3) is 10.0 Å². The lowest BCUT2D eigenvalue weighted by molar-refractivity contribution is -0.122. The maximum atomic E-state index is 12.0. The summed E-state index contributed by atoms with van der Waals surface area (Å²) in [7, 11) is -2.45. The highest BCUT2D eigenvalue weighted by Crippen LogP contribution is 2.21. The predicted molar refractivity (Wildman–Crippen MR) is 75.9 cm³/mol. The molecule has 0 radical (unpaired) electrons. The molecule has 1 aromatic rings. The van der Waals surface area contributed by atoms with E-state index in [-0.39, 0.29) is 15.6 Å². The topological polar surface area (TPSA) is 122 Å². The number of hydrogen-bond acceptors (Lipinski definition) is 6. The van der Waals surface area contributed by atoms with Crippen molar-refractivity contribution in [3.8, 4) is 0 Å². The fourth-order valence-electron chi connectivity index (χ4n) is 1.35. The molecule has 0 aliphatic rings. The van der Waals surface area contributed by atoms with Gasteiger partial charge in [-0.25, -0.2) is 13.2 Å². The third kappa shape index (κ3) is 5.08. The van der Waals surface area contributed by atoms with E-state index in [0.717, 1.165) is 0 Å². The Morgan fingerprint density at radius 3 is 2.62 bits per heavy atom. The van der Waals surface area contributed by atoms with Gasteiger partial charge < -0.3 is 15.2 Å². The lowest BCUT2D eigenvalue weighted by Gasteiger charge is -2.13. The van der Waals surface area contributed by atoms with E-state index in [1.165, 1.54) is 26.2 Å². The number of ether oxygens (including phenoxy) is 1. The van der Waals surface area contributed by atoms with Crippen LogP contribution in [0.3, 0.4) is 0 Å². The van der Waals surface area contributed by atoms with Crippen molar-refractivity contribution in [3.63, 3.8) is 0 Å². The highest BCUT2D eigenvalue weighted by atomic mass is 32.2. The number of carbonyl (C=O) groups excluding carboxylic acids is 1. The summed E-state index contributed by atoms with van der Waals surface area (Å²) in [5.74, 6) is -1.70. The predicted octanol–water partition coefficient (Wildman–Crippen LogP) is -0.124. The molecule has 0 saturated heterocycles. The van der Waals surface area contributed by atoms with E-state index in [1.807, 2.05) is 0 Å². The van der Waals surface area contributed by atoms with Gasteiger partial charge in [-0.1, -0.05) is 0 Å². The van der Waals surface area contributed by atoms with E-state index in [9.17, 15) is 18.0 Å². The lowest BCUT2D eigenvalue weighted by atomic mass is 10.3. The van der Waals surface area contributed by atoms with Crippen molar-refractivity contribution in [2.75, 3.05) is 20.3 Å². The quantitative estimate of drug-likeness (QED) is 0.569. The van der Waals surface area contributed by atoms with E-state index in [4.69, 9.17) is 9.84 Å². The molecule has 0 fully saturated rings. The summed E-state index contributed by atoms with van der Waals surface area (Å²) in [5.41, 5.74) is 0. The van der Waals surface area contributed by atoms with Crippen molar-refractivity contribution in [3.05, 3.63) is 17.0 Å². The molecule has 3 N–H and O–H groups in total. The first kappa shape index (κ1) is 17.6. The van der Waals surface area contributed by atoms with Crippen molar-refractivity contribution in [2.24, 2.45) is 0 Å². The maximum Gasteiger partial charge on any atom is 0.345 e. The minimum absolute atomic E-state index is 0.0902. The van der Waals surface area contributed by atoms with Gasteiger partial charge in [-0.05, 0) is 19.1 Å². The Labute approximate surface area is 126 Å². The van der Waals surface area contributed by atoms with Gasteiger partial charge in [-0.3, -0.25) is 4.79 Å². The molecule has 0 saturated carbocycles. The molecule has 10 heteroatoms. The zero-order valence-electron chi connectivity index (χ0n) is 11.5. The highest BCUT2D eigenvalue weighted by Gasteiger charge is 2.24. The minimum Gasteiger partial charge on any atom is -0.477 e. The summed E-state index contributed by atoms with van der Waals surface area (Å²) in [6.45, 7) is 1.98. The standard InChI is InChI=1S/C11H16N2O6S2/c1-7(10(14)12-5-6-19-2)13-21(17,18)9-4-3-8(20-9)11(15)16/h3-4,7,13H,5-6H2,1-2H3,(H,12,14)(H,15,16). The first-order valence-electron chi connectivity index (χ1n) is 5.90. The summed E-state index contributed by atoms with van der Waals surface area (Å²) in [6, 6.07) is 1.40. The Hall–Kier alpha value is -1.49. The second-order valence-corrected chi connectivity index (χ2v) is 7.08. The summed E-state index contributed by atoms with van der Waals surface area (Å²) >= 11 is 0.621. The van der Waals surface area contributed by atoms with Gasteiger partial charge >= 0.3 is 5.97 Å². The number of carbonyl (C=O) groups is 2. The number of amides is 1. The number of carboxylic acids is 1. The van der Waals surface area contributed by atoms with Gasteiger partial charge in [0.15, 0.2) is 0 Å². The molecule has 118 valence electrons. The largest absolute Gasteiger partial charge is 0.477 e. The molecule has 8 nitrogen and oxygen atoms in total. The molecule has 0 bridgehead atoms. The van der Waals surface area contributed by atoms with Gasteiger partial charge in [0, 0.05) is 13.7 Å². The van der Waals surface area contributed by atoms with E-state index >= 15 is 0 Å². The summed E-state index contributed by atoms with van der Waals surface area (Å²) in [4.78, 5) is 22.3. The average molecular weight is 336 g/mol. The number of methoxy groups -OCH3 is 1. The Balaban J connectivity index is 2.70. The van der Waals surface area contributed by atoms with E-state index in [0.29, 0.717) is 17.9 Å². The number of sulfonamides is 1. The van der Waals surface area contributed by atoms with Gasteiger partial charge in [-0.2, -0.15) is 4.72 Å². The first-order chi connectivity index (χ1) is 9.77. The maximum absolute atomic E-state index is 12.0. The van der Waals surface area contributed by atoms with Crippen molar-refractivity contribution < 1.29 is 27.9 Å².